The van der Waals surface area contributed by atoms with Gasteiger partial charge in [0.2, 0.25) is 0 Å². The van der Waals surface area contributed by atoms with E-state index in [1.807, 2.05) is 51.1 Å². The molecule has 3 aromatic rings. The summed E-state index contributed by atoms with van der Waals surface area (Å²) in [5, 5.41) is 11.6. The Bertz CT molecular complexity index is 947. The summed E-state index contributed by atoms with van der Waals surface area (Å²) < 4.78 is 40.8. The van der Waals surface area contributed by atoms with Crippen LogP contribution in [0.3, 0.4) is 0 Å². The highest BCUT2D eigenvalue weighted by molar-refractivity contribution is 5.65. The number of alkyl halides is 3. The van der Waals surface area contributed by atoms with E-state index in [0.29, 0.717) is 11.1 Å². The summed E-state index contributed by atoms with van der Waals surface area (Å²) in [6, 6.07) is 16.6. The molecule has 0 amide bonds. The van der Waals surface area contributed by atoms with Gasteiger partial charge in [0.25, 0.3) is 0 Å². The van der Waals surface area contributed by atoms with Crippen molar-refractivity contribution in [3.63, 3.8) is 0 Å². The van der Waals surface area contributed by atoms with E-state index in [1.54, 1.807) is 30.6 Å². The van der Waals surface area contributed by atoms with Gasteiger partial charge in [-0.3, -0.25) is 4.98 Å². The third-order valence-electron chi connectivity index (χ3n) is 4.89. The number of aliphatic hydroxyl groups is 1. The van der Waals surface area contributed by atoms with Crippen LogP contribution in [0.1, 0.15) is 31.9 Å². The molecular weight excluding hydrogens is 379 g/mol. The number of hydrogen-bond donors (Lipinski definition) is 1. The van der Waals surface area contributed by atoms with Crippen LogP contribution >= 0.6 is 0 Å². The Morgan fingerprint density at radius 3 is 1.79 bits per heavy atom. The maximum Gasteiger partial charge on any atom is 0.573 e. The van der Waals surface area contributed by atoms with Crippen molar-refractivity contribution in [1.82, 2.24) is 4.98 Å². The lowest BCUT2D eigenvalue weighted by Crippen LogP contribution is -2.41. The fourth-order valence-electron chi connectivity index (χ4n) is 3.36. The molecule has 0 radical (unpaired) electrons. The second kappa shape index (κ2) is 7.52. The quantitative estimate of drug-likeness (QED) is 0.589. The first-order chi connectivity index (χ1) is 13.5. The fourth-order valence-corrected chi connectivity index (χ4v) is 3.36. The van der Waals surface area contributed by atoms with Crippen molar-refractivity contribution in [1.29, 1.82) is 0 Å². The minimum Gasteiger partial charge on any atom is -0.406 e. The second-order valence-electron chi connectivity index (χ2n) is 7.85. The highest BCUT2D eigenvalue weighted by atomic mass is 19.4. The van der Waals surface area contributed by atoms with Crippen LogP contribution in [0.15, 0.2) is 73.1 Å². The van der Waals surface area contributed by atoms with Gasteiger partial charge in [0.1, 0.15) is 11.4 Å². The Balaban J connectivity index is 1.93. The molecule has 0 fully saturated rings. The van der Waals surface area contributed by atoms with Gasteiger partial charge in [-0.2, -0.15) is 0 Å². The lowest BCUT2D eigenvalue weighted by molar-refractivity contribution is -0.274. The molecule has 1 heterocycles. The van der Waals surface area contributed by atoms with Crippen molar-refractivity contribution < 1.29 is 23.0 Å². The Hall–Kier alpha value is -2.86. The number of ether oxygens (including phenoxy) is 1. The molecule has 0 saturated carbocycles. The van der Waals surface area contributed by atoms with Crippen LogP contribution in [0.25, 0.3) is 11.1 Å². The number of aromatic nitrogens is 1. The molecule has 0 saturated heterocycles. The van der Waals surface area contributed by atoms with E-state index in [4.69, 9.17) is 0 Å². The topological polar surface area (TPSA) is 42.4 Å². The highest BCUT2D eigenvalue weighted by Crippen LogP contribution is 2.44. The molecule has 0 bridgehead atoms. The minimum absolute atomic E-state index is 0.267. The molecular formula is C23H22F3NO2. The third-order valence-corrected chi connectivity index (χ3v) is 4.89. The first-order valence-electron chi connectivity index (χ1n) is 9.10. The molecule has 1 atom stereocenters. The van der Waals surface area contributed by atoms with Crippen LogP contribution in [0.5, 0.6) is 5.75 Å². The van der Waals surface area contributed by atoms with E-state index in [9.17, 15) is 18.3 Å². The van der Waals surface area contributed by atoms with Crippen molar-refractivity contribution in [2.75, 3.05) is 0 Å². The molecule has 1 N–H and O–H groups in total. The number of halogens is 3. The fraction of sp³-hybridized carbons (Fsp3) is 0.261. The summed E-state index contributed by atoms with van der Waals surface area (Å²) >= 11 is 0. The monoisotopic (exact) mass is 401 g/mol. The van der Waals surface area contributed by atoms with E-state index in [1.165, 1.54) is 12.1 Å². The Kier molecular flexibility index (Phi) is 5.41. The van der Waals surface area contributed by atoms with Gasteiger partial charge in [-0.1, -0.05) is 63.2 Å². The standard InChI is InChI=1S/C23H22F3NO2/c1-21(2,3)22(28,19-5-4-14-27-15-19)18-10-6-16(7-11-18)17-8-12-20(13-9-17)29-23(24,25)26/h4-15,28H,1-3H3. The molecule has 1 unspecified atom stereocenters. The largest absolute Gasteiger partial charge is 0.573 e. The molecule has 2 aromatic carbocycles. The third kappa shape index (κ3) is 4.43. The lowest BCUT2D eigenvalue weighted by Gasteiger charge is -2.41. The lowest BCUT2D eigenvalue weighted by atomic mass is 9.68. The van der Waals surface area contributed by atoms with Crippen LogP contribution < -0.4 is 4.74 Å². The van der Waals surface area contributed by atoms with Crippen molar-refractivity contribution in [3.8, 4) is 16.9 Å². The zero-order valence-corrected chi connectivity index (χ0v) is 16.4. The van der Waals surface area contributed by atoms with Crippen LogP contribution in [0.2, 0.25) is 0 Å². The van der Waals surface area contributed by atoms with Crippen LogP contribution in [-0.4, -0.2) is 16.5 Å². The number of nitrogens with zero attached hydrogens (tertiary/aromatic N) is 1. The van der Waals surface area contributed by atoms with Gasteiger partial charge < -0.3 is 9.84 Å². The van der Waals surface area contributed by atoms with E-state index in [-0.39, 0.29) is 5.75 Å². The maximum atomic E-state index is 12.3. The second-order valence-corrected chi connectivity index (χ2v) is 7.85. The first kappa shape index (κ1) is 20.9. The van der Waals surface area contributed by atoms with E-state index in [2.05, 4.69) is 9.72 Å². The smallest absolute Gasteiger partial charge is 0.406 e. The first-order valence-corrected chi connectivity index (χ1v) is 9.10. The molecule has 0 spiro atoms. The van der Waals surface area contributed by atoms with Crippen molar-refractivity contribution in [2.24, 2.45) is 5.41 Å². The van der Waals surface area contributed by atoms with E-state index >= 15 is 0 Å². The summed E-state index contributed by atoms with van der Waals surface area (Å²) in [7, 11) is 0. The van der Waals surface area contributed by atoms with Crippen molar-refractivity contribution >= 4 is 0 Å². The van der Waals surface area contributed by atoms with Crippen molar-refractivity contribution in [2.45, 2.75) is 32.7 Å². The molecule has 0 aliphatic heterocycles. The zero-order valence-electron chi connectivity index (χ0n) is 16.4. The minimum atomic E-state index is -4.72. The molecule has 29 heavy (non-hydrogen) atoms. The van der Waals surface area contributed by atoms with Gasteiger partial charge in [0, 0.05) is 18.0 Å². The number of benzene rings is 2. The van der Waals surface area contributed by atoms with Gasteiger partial charge in [0.05, 0.1) is 0 Å². The SMILES string of the molecule is CC(C)(C)C(O)(c1ccc(-c2ccc(OC(F)(F)F)cc2)cc1)c1cccnc1. The number of pyridine rings is 1. The predicted octanol–water partition coefficient (Wildman–Crippen LogP) is 5.93. The van der Waals surface area contributed by atoms with Crippen LogP contribution in [0.4, 0.5) is 13.2 Å². The average Bonchev–Trinajstić information content (AvgIpc) is 2.67. The van der Waals surface area contributed by atoms with Crippen molar-refractivity contribution in [3.05, 3.63) is 84.2 Å². The summed E-state index contributed by atoms with van der Waals surface area (Å²) in [5.41, 5.74) is 1.19. The van der Waals surface area contributed by atoms with Gasteiger partial charge in [-0.15, -0.1) is 13.2 Å². The van der Waals surface area contributed by atoms with Gasteiger partial charge in [0.15, 0.2) is 0 Å². The molecule has 1 aromatic heterocycles. The summed E-state index contributed by atoms with van der Waals surface area (Å²) in [6.07, 6.45) is -1.41. The zero-order chi connectivity index (χ0) is 21.3. The summed E-state index contributed by atoms with van der Waals surface area (Å²) in [4.78, 5) is 4.14. The Morgan fingerprint density at radius 2 is 1.34 bits per heavy atom. The van der Waals surface area contributed by atoms with Gasteiger partial charge >= 0.3 is 6.36 Å². The molecule has 152 valence electrons. The Morgan fingerprint density at radius 1 is 0.793 bits per heavy atom. The number of rotatable bonds is 4. The normalized spacial score (nSPS) is 14.3. The van der Waals surface area contributed by atoms with Crippen LogP contribution in [0, 0.1) is 5.41 Å². The predicted molar refractivity (Wildman–Crippen MR) is 105 cm³/mol. The maximum absolute atomic E-state index is 12.3. The average molecular weight is 401 g/mol. The molecule has 0 aliphatic carbocycles. The molecule has 3 rings (SSSR count). The molecule has 3 nitrogen and oxygen atoms in total. The molecule has 6 heteroatoms. The summed E-state index contributed by atoms with van der Waals surface area (Å²) in [5.74, 6) is -0.267. The van der Waals surface area contributed by atoms with E-state index < -0.39 is 17.4 Å². The van der Waals surface area contributed by atoms with Crippen LogP contribution in [-0.2, 0) is 5.60 Å². The highest BCUT2D eigenvalue weighted by Gasteiger charge is 2.43. The molecule has 0 aliphatic rings. The van der Waals surface area contributed by atoms with Gasteiger partial charge in [-0.25, -0.2) is 0 Å². The van der Waals surface area contributed by atoms with E-state index in [0.717, 1.165) is 11.1 Å². The number of hydrogen-bond acceptors (Lipinski definition) is 3. The van der Waals surface area contributed by atoms with Gasteiger partial charge in [-0.05, 0) is 40.3 Å². The Labute approximate surface area is 167 Å². The summed E-state index contributed by atoms with van der Waals surface area (Å²) in [6.45, 7) is 5.86.